The van der Waals surface area contributed by atoms with Crippen LogP contribution in [-0.2, 0) is 9.84 Å². The molecule has 1 aliphatic carbocycles. The van der Waals surface area contributed by atoms with Gasteiger partial charge in [-0.25, -0.2) is 8.42 Å². The molecule has 0 saturated heterocycles. The minimum atomic E-state index is -2.85. The second kappa shape index (κ2) is 2.51. The Morgan fingerprint density at radius 3 is 2.30 bits per heavy atom. The van der Waals surface area contributed by atoms with Gasteiger partial charge >= 0.3 is 0 Å². The van der Waals surface area contributed by atoms with E-state index >= 15 is 0 Å². The largest absolute Gasteiger partial charge is 0.393 e. The topological polar surface area (TPSA) is 54.4 Å². The SMILES string of the molecule is CCS(=O)(=O)C1CC(O)C1. The third kappa shape index (κ3) is 1.32. The molecule has 0 unspecified atom stereocenters. The van der Waals surface area contributed by atoms with Gasteiger partial charge in [0.25, 0.3) is 0 Å². The van der Waals surface area contributed by atoms with Crippen molar-refractivity contribution in [1.82, 2.24) is 0 Å². The van der Waals surface area contributed by atoms with Crippen LogP contribution in [0.3, 0.4) is 0 Å². The summed E-state index contributed by atoms with van der Waals surface area (Å²) in [5, 5.41) is 8.56. The first-order valence-corrected chi connectivity index (χ1v) is 5.17. The van der Waals surface area contributed by atoms with E-state index in [-0.39, 0.29) is 17.1 Å². The van der Waals surface area contributed by atoms with Crippen LogP contribution in [0.5, 0.6) is 0 Å². The van der Waals surface area contributed by atoms with Crippen LogP contribution in [0.2, 0.25) is 0 Å². The molecule has 10 heavy (non-hydrogen) atoms. The summed E-state index contributed by atoms with van der Waals surface area (Å²) in [5.74, 6) is 0.199. The summed E-state index contributed by atoms with van der Waals surface area (Å²) in [4.78, 5) is 0. The Bertz CT molecular complexity index is 201. The fourth-order valence-corrected chi connectivity index (χ4v) is 2.57. The van der Waals surface area contributed by atoms with E-state index in [1.807, 2.05) is 0 Å². The summed E-state index contributed by atoms with van der Waals surface area (Å²) in [5.41, 5.74) is 0. The van der Waals surface area contributed by atoms with Crippen LogP contribution in [0.15, 0.2) is 0 Å². The van der Waals surface area contributed by atoms with Crippen LogP contribution in [0.1, 0.15) is 19.8 Å². The van der Waals surface area contributed by atoms with Gasteiger partial charge in [-0.3, -0.25) is 0 Å². The molecule has 0 spiro atoms. The highest BCUT2D eigenvalue weighted by atomic mass is 32.2. The lowest BCUT2D eigenvalue weighted by atomic mass is 9.96. The quantitative estimate of drug-likeness (QED) is 0.622. The normalized spacial score (nSPS) is 33.4. The predicted molar refractivity (Wildman–Crippen MR) is 38.5 cm³/mol. The molecule has 0 aromatic rings. The van der Waals surface area contributed by atoms with Crippen molar-refractivity contribution in [3.63, 3.8) is 0 Å². The van der Waals surface area contributed by atoms with E-state index in [9.17, 15) is 8.42 Å². The van der Waals surface area contributed by atoms with Crippen LogP contribution in [0, 0.1) is 0 Å². The molecule has 1 fully saturated rings. The van der Waals surface area contributed by atoms with Crippen LogP contribution in [0.25, 0.3) is 0 Å². The minimum absolute atomic E-state index is 0.199. The molecule has 3 nitrogen and oxygen atoms in total. The summed E-state index contributed by atoms with van der Waals surface area (Å²) in [6.45, 7) is 1.64. The van der Waals surface area contributed by atoms with Gasteiger partial charge in [0, 0.05) is 5.75 Å². The van der Waals surface area contributed by atoms with Gasteiger partial charge in [-0.2, -0.15) is 0 Å². The van der Waals surface area contributed by atoms with Gasteiger partial charge in [-0.15, -0.1) is 0 Å². The molecule has 1 saturated carbocycles. The summed E-state index contributed by atoms with van der Waals surface area (Å²) in [7, 11) is -2.85. The lowest BCUT2D eigenvalue weighted by Crippen LogP contribution is -2.40. The third-order valence-electron chi connectivity index (χ3n) is 1.98. The Hall–Kier alpha value is -0.0900. The second-order valence-corrected chi connectivity index (χ2v) is 5.27. The Balaban J connectivity index is 2.53. The van der Waals surface area contributed by atoms with Crippen LogP contribution >= 0.6 is 0 Å². The van der Waals surface area contributed by atoms with E-state index in [0.29, 0.717) is 12.8 Å². The van der Waals surface area contributed by atoms with Crippen molar-refractivity contribution >= 4 is 9.84 Å². The molecule has 0 amide bonds. The first-order valence-electron chi connectivity index (χ1n) is 3.46. The molecule has 1 N–H and O–H groups in total. The summed E-state index contributed by atoms with van der Waals surface area (Å²) >= 11 is 0. The number of aliphatic hydroxyl groups is 1. The zero-order valence-corrected chi connectivity index (χ0v) is 6.76. The molecule has 0 heterocycles. The fraction of sp³-hybridized carbons (Fsp3) is 1.00. The fourth-order valence-electron chi connectivity index (χ4n) is 1.07. The molecule has 0 radical (unpaired) electrons. The lowest BCUT2D eigenvalue weighted by Gasteiger charge is -2.30. The first-order chi connectivity index (χ1) is 4.56. The van der Waals surface area contributed by atoms with Crippen LogP contribution in [-0.4, -0.2) is 30.6 Å². The molecule has 0 aliphatic heterocycles. The van der Waals surface area contributed by atoms with E-state index < -0.39 is 9.84 Å². The number of hydrogen-bond donors (Lipinski definition) is 1. The predicted octanol–water partition coefficient (Wildman–Crippen LogP) is -0.0556. The van der Waals surface area contributed by atoms with Gasteiger partial charge in [0.1, 0.15) is 0 Å². The Morgan fingerprint density at radius 1 is 1.50 bits per heavy atom. The molecular weight excluding hydrogens is 152 g/mol. The molecule has 0 bridgehead atoms. The molecule has 0 aromatic carbocycles. The van der Waals surface area contributed by atoms with Crippen LogP contribution in [0.4, 0.5) is 0 Å². The van der Waals surface area contributed by atoms with E-state index in [1.54, 1.807) is 6.92 Å². The van der Waals surface area contributed by atoms with E-state index in [1.165, 1.54) is 0 Å². The van der Waals surface area contributed by atoms with Gasteiger partial charge in [0.15, 0.2) is 9.84 Å². The lowest BCUT2D eigenvalue weighted by molar-refractivity contribution is 0.0977. The molecule has 0 aromatic heterocycles. The molecule has 1 rings (SSSR count). The van der Waals surface area contributed by atoms with E-state index in [4.69, 9.17) is 5.11 Å². The Morgan fingerprint density at radius 2 is 2.00 bits per heavy atom. The molecular formula is C6H12O3S. The zero-order valence-electron chi connectivity index (χ0n) is 5.95. The molecule has 1 aliphatic rings. The highest BCUT2D eigenvalue weighted by Crippen LogP contribution is 2.26. The highest BCUT2D eigenvalue weighted by molar-refractivity contribution is 7.92. The maximum Gasteiger partial charge on any atom is 0.153 e. The number of sulfone groups is 1. The van der Waals surface area contributed by atoms with Crippen molar-refractivity contribution in [2.75, 3.05) is 5.75 Å². The second-order valence-electron chi connectivity index (χ2n) is 2.70. The average Bonchev–Trinajstić information content (AvgIpc) is 1.81. The number of aliphatic hydroxyl groups excluding tert-OH is 1. The minimum Gasteiger partial charge on any atom is -0.393 e. The highest BCUT2D eigenvalue weighted by Gasteiger charge is 2.36. The summed E-state index contributed by atoms with van der Waals surface area (Å²) in [6, 6.07) is 0. The standard InChI is InChI=1S/C6H12O3S/c1-2-10(8,9)6-3-5(7)4-6/h5-7H,2-4H2,1H3. The molecule has 4 heteroatoms. The Labute approximate surface area is 61.0 Å². The van der Waals surface area contributed by atoms with E-state index in [0.717, 1.165) is 0 Å². The maximum atomic E-state index is 11.0. The van der Waals surface area contributed by atoms with Crippen molar-refractivity contribution in [2.45, 2.75) is 31.1 Å². The van der Waals surface area contributed by atoms with Gasteiger partial charge in [0.2, 0.25) is 0 Å². The van der Waals surface area contributed by atoms with Crippen molar-refractivity contribution in [2.24, 2.45) is 0 Å². The van der Waals surface area contributed by atoms with E-state index in [2.05, 4.69) is 0 Å². The van der Waals surface area contributed by atoms with Gasteiger partial charge in [-0.1, -0.05) is 6.92 Å². The van der Waals surface area contributed by atoms with Crippen molar-refractivity contribution in [3.8, 4) is 0 Å². The van der Waals surface area contributed by atoms with Crippen LogP contribution < -0.4 is 0 Å². The number of hydrogen-bond acceptors (Lipinski definition) is 3. The zero-order chi connectivity index (χ0) is 7.78. The smallest absolute Gasteiger partial charge is 0.153 e. The number of rotatable bonds is 2. The summed E-state index contributed by atoms with van der Waals surface area (Å²) < 4.78 is 22.0. The van der Waals surface area contributed by atoms with Gasteiger partial charge < -0.3 is 5.11 Å². The van der Waals surface area contributed by atoms with Crippen molar-refractivity contribution in [3.05, 3.63) is 0 Å². The van der Waals surface area contributed by atoms with Gasteiger partial charge in [-0.05, 0) is 12.8 Å². The summed E-state index contributed by atoms with van der Waals surface area (Å²) in [6.07, 6.45) is 0.512. The van der Waals surface area contributed by atoms with Crippen molar-refractivity contribution in [1.29, 1.82) is 0 Å². The van der Waals surface area contributed by atoms with Gasteiger partial charge in [0.05, 0.1) is 11.4 Å². The average molecular weight is 164 g/mol. The molecule has 0 atom stereocenters. The first kappa shape index (κ1) is 8.01. The third-order valence-corrected chi connectivity index (χ3v) is 4.19. The van der Waals surface area contributed by atoms with Crippen molar-refractivity contribution < 1.29 is 13.5 Å². The maximum absolute atomic E-state index is 11.0. The monoisotopic (exact) mass is 164 g/mol. The Kier molecular flexibility index (Phi) is 2.01. The molecule has 60 valence electrons.